The third kappa shape index (κ3) is 6.53. The van der Waals surface area contributed by atoms with Crippen molar-refractivity contribution in [2.75, 3.05) is 20.7 Å². The van der Waals surface area contributed by atoms with Crippen molar-refractivity contribution in [2.45, 2.75) is 33.0 Å². The topological polar surface area (TPSA) is 67.6 Å². The van der Waals surface area contributed by atoms with Crippen LogP contribution in [0.25, 0.3) is 0 Å². The van der Waals surface area contributed by atoms with E-state index in [1.165, 1.54) is 12.1 Å². The van der Waals surface area contributed by atoms with E-state index in [-0.39, 0.29) is 5.82 Å². The molecule has 0 radical (unpaired) electrons. The van der Waals surface area contributed by atoms with Gasteiger partial charge in [0.25, 0.3) is 0 Å². The van der Waals surface area contributed by atoms with Gasteiger partial charge in [-0.2, -0.15) is 0 Å². The average Bonchev–Trinajstić information content (AvgIpc) is 3.25. The fraction of sp³-hybridized carbons (Fsp3) is 0.348. The van der Waals surface area contributed by atoms with Gasteiger partial charge in [0.2, 0.25) is 0 Å². The SMILES string of the molecule is CCc1nncn1CCNC(=NCc1ccc(OC)cc1)N(C)Cc1ccc(F)cc1. The highest BCUT2D eigenvalue weighted by Gasteiger charge is 2.09. The molecular formula is C23H29FN6O. The summed E-state index contributed by atoms with van der Waals surface area (Å²) < 4.78 is 20.5. The van der Waals surface area contributed by atoms with Gasteiger partial charge in [-0.1, -0.05) is 31.2 Å². The second-order valence-electron chi connectivity index (χ2n) is 7.19. The van der Waals surface area contributed by atoms with Crippen LogP contribution in [0.5, 0.6) is 5.75 Å². The molecule has 8 heteroatoms. The molecule has 2 aromatic carbocycles. The van der Waals surface area contributed by atoms with Crippen LogP contribution in [0, 0.1) is 5.82 Å². The summed E-state index contributed by atoms with van der Waals surface area (Å²) in [6, 6.07) is 14.4. The summed E-state index contributed by atoms with van der Waals surface area (Å²) in [5.74, 6) is 2.31. The minimum absolute atomic E-state index is 0.237. The fourth-order valence-electron chi connectivity index (χ4n) is 3.17. The monoisotopic (exact) mass is 424 g/mol. The van der Waals surface area contributed by atoms with E-state index >= 15 is 0 Å². The number of hydrogen-bond acceptors (Lipinski definition) is 4. The third-order valence-corrected chi connectivity index (χ3v) is 4.91. The van der Waals surface area contributed by atoms with Crippen molar-refractivity contribution in [1.29, 1.82) is 0 Å². The number of aryl methyl sites for hydroxylation is 1. The Morgan fingerprint density at radius 1 is 1.13 bits per heavy atom. The van der Waals surface area contributed by atoms with Gasteiger partial charge in [0.1, 0.15) is 23.7 Å². The van der Waals surface area contributed by atoms with Gasteiger partial charge in [0.15, 0.2) is 5.96 Å². The first-order chi connectivity index (χ1) is 15.1. The molecule has 1 N–H and O–H groups in total. The highest BCUT2D eigenvalue weighted by Crippen LogP contribution is 2.12. The minimum Gasteiger partial charge on any atom is -0.497 e. The van der Waals surface area contributed by atoms with Crippen molar-refractivity contribution < 1.29 is 9.13 Å². The predicted octanol–water partition coefficient (Wildman–Crippen LogP) is 3.27. The Labute approximate surface area is 182 Å². The number of aliphatic imine (C=N–C) groups is 1. The van der Waals surface area contributed by atoms with Crippen LogP contribution < -0.4 is 10.1 Å². The van der Waals surface area contributed by atoms with E-state index in [2.05, 4.69) is 22.4 Å². The lowest BCUT2D eigenvalue weighted by Crippen LogP contribution is -2.40. The fourth-order valence-corrected chi connectivity index (χ4v) is 3.17. The molecule has 0 saturated carbocycles. The summed E-state index contributed by atoms with van der Waals surface area (Å²) in [6.07, 6.45) is 2.58. The lowest BCUT2D eigenvalue weighted by Gasteiger charge is -2.23. The summed E-state index contributed by atoms with van der Waals surface area (Å²) in [7, 11) is 3.62. The first kappa shape index (κ1) is 22.3. The molecule has 0 saturated heterocycles. The van der Waals surface area contributed by atoms with Crippen LogP contribution in [-0.4, -0.2) is 46.3 Å². The molecule has 0 aliphatic heterocycles. The number of nitrogens with zero attached hydrogens (tertiary/aromatic N) is 5. The van der Waals surface area contributed by atoms with Crippen molar-refractivity contribution in [3.05, 3.63) is 77.6 Å². The number of nitrogens with one attached hydrogen (secondary N) is 1. The maximum absolute atomic E-state index is 13.2. The Kier molecular flexibility index (Phi) is 7.98. The number of ether oxygens (including phenoxy) is 1. The largest absolute Gasteiger partial charge is 0.497 e. The number of rotatable bonds is 9. The van der Waals surface area contributed by atoms with Gasteiger partial charge in [-0.25, -0.2) is 9.38 Å². The Bertz CT molecular complexity index is 968. The predicted molar refractivity (Wildman–Crippen MR) is 119 cm³/mol. The van der Waals surface area contributed by atoms with E-state index in [1.54, 1.807) is 25.6 Å². The van der Waals surface area contributed by atoms with Gasteiger partial charge in [0.05, 0.1) is 13.7 Å². The van der Waals surface area contributed by atoms with Crippen LogP contribution in [0.3, 0.4) is 0 Å². The van der Waals surface area contributed by atoms with Crippen molar-refractivity contribution >= 4 is 5.96 Å². The molecule has 0 unspecified atom stereocenters. The summed E-state index contributed by atoms with van der Waals surface area (Å²) >= 11 is 0. The van der Waals surface area contributed by atoms with Crippen molar-refractivity contribution in [3.63, 3.8) is 0 Å². The van der Waals surface area contributed by atoms with Crippen molar-refractivity contribution in [1.82, 2.24) is 25.0 Å². The standard InChI is InChI=1S/C23H29FN6O/c1-4-22-28-27-17-30(22)14-13-25-23(26-15-18-7-11-21(31-3)12-8-18)29(2)16-19-5-9-20(24)10-6-19/h5-12,17H,4,13-16H2,1-3H3,(H,25,26). The molecule has 1 aromatic heterocycles. The van der Waals surface area contributed by atoms with Crippen LogP contribution in [-0.2, 0) is 26.1 Å². The molecule has 0 fully saturated rings. The number of aromatic nitrogens is 3. The molecule has 0 amide bonds. The van der Waals surface area contributed by atoms with E-state index in [0.29, 0.717) is 19.6 Å². The van der Waals surface area contributed by atoms with Gasteiger partial charge in [0, 0.05) is 33.1 Å². The van der Waals surface area contributed by atoms with Crippen LogP contribution in [0.4, 0.5) is 4.39 Å². The molecule has 0 atom stereocenters. The number of methoxy groups -OCH3 is 1. The molecule has 7 nitrogen and oxygen atoms in total. The van der Waals surface area contributed by atoms with Gasteiger partial charge >= 0.3 is 0 Å². The molecule has 1 heterocycles. The first-order valence-electron chi connectivity index (χ1n) is 10.3. The first-order valence-corrected chi connectivity index (χ1v) is 10.3. The van der Waals surface area contributed by atoms with Crippen LogP contribution in [0.2, 0.25) is 0 Å². The number of guanidine groups is 1. The van der Waals surface area contributed by atoms with Gasteiger partial charge in [-0.3, -0.25) is 0 Å². The zero-order chi connectivity index (χ0) is 22.1. The highest BCUT2D eigenvalue weighted by molar-refractivity contribution is 5.79. The van der Waals surface area contributed by atoms with Crippen molar-refractivity contribution in [3.8, 4) is 5.75 Å². The number of benzene rings is 2. The molecule has 31 heavy (non-hydrogen) atoms. The second kappa shape index (κ2) is 11.1. The molecule has 3 rings (SSSR count). The van der Waals surface area contributed by atoms with Gasteiger partial charge in [-0.15, -0.1) is 10.2 Å². The summed E-state index contributed by atoms with van der Waals surface area (Å²) in [6.45, 7) is 4.63. The molecule has 164 valence electrons. The lowest BCUT2D eigenvalue weighted by atomic mass is 10.2. The Balaban J connectivity index is 1.68. The second-order valence-corrected chi connectivity index (χ2v) is 7.19. The smallest absolute Gasteiger partial charge is 0.194 e. The quantitative estimate of drug-likeness (QED) is 0.422. The maximum atomic E-state index is 13.2. The van der Waals surface area contributed by atoms with E-state index in [4.69, 9.17) is 9.73 Å². The third-order valence-electron chi connectivity index (χ3n) is 4.91. The van der Waals surface area contributed by atoms with Crippen LogP contribution in [0.1, 0.15) is 23.9 Å². The van der Waals surface area contributed by atoms with Crippen LogP contribution >= 0.6 is 0 Å². The van der Waals surface area contributed by atoms with E-state index < -0.39 is 0 Å². The van der Waals surface area contributed by atoms with E-state index in [0.717, 1.165) is 41.6 Å². The minimum atomic E-state index is -0.237. The molecule has 0 aliphatic carbocycles. The summed E-state index contributed by atoms with van der Waals surface area (Å²) in [4.78, 5) is 6.83. The van der Waals surface area contributed by atoms with Gasteiger partial charge in [-0.05, 0) is 35.4 Å². The maximum Gasteiger partial charge on any atom is 0.194 e. The zero-order valence-corrected chi connectivity index (χ0v) is 18.3. The number of hydrogen-bond donors (Lipinski definition) is 1. The molecule has 0 bridgehead atoms. The highest BCUT2D eigenvalue weighted by atomic mass is 19.1. The van der Waals surface area contributed by atoms with Gasteiger partial charge < -0.3 is 19.5 Å². The Morgan fingerprint density at radius 2 is 1.84 bits per heavy atom. The molecular weight excluding hydrogens is 395 g/mol. The average molecular weight is 425 g/mol. The Morgan fingerprint density at radius 3 is 2.52 bits per heavy atom. The molecule has 0 spiro atoms. The molecule has 3 aromatic rings. The number of halogens is 1. The van der Waals surface area contributed by atoms with Crippen LogP contribution in [0.15, 0.2) is 59.9 Å². The normalized spacial score (nSPS) is 11.4. The van der Waals surface area contributed by atoms with E-state index in [1.807, 2.05) is 40.8 Å². The summed E-state index contributed by atoms with van der Waals surface area (Å²) in [5, 5.41) is 11.5. The lowest BCUT2D eigenvalue weighted by molar-refractivity contribution is 0.414. The summed E-state index contributed by atoms with van der Waals surface area (Å²) in [5.41, 5.74) is 2.09. The van der Waals surface area contributed by atoms with Crippen molar-refractivity contribution in [2.24, 2.45) is 4.99 Å². The zero-order valence-electron chi connectivity index (χ0n) is 18.3. The molecule has 0 aliphatic rings. The Hall–Kier alpha value is -3.42. The van der Waals surface area contributed by atoms with E-state index in [9.17, 15) is 4.39 Å².